The average molecular weight is 377 g/mol. The van der Waals surface area contributed by atoms with Gasteiger partial charge in [-0.15, -0.1) is 0 Å². The third-order valence-electron chi connectivity index (χ3n) is 4.86. The standard InChI is InChI=1S/C16H13BrN2O4/c17-10-4-9(11(20)5-12(10)21)6-18-19-15(22)13-7-1-2-8(3-7)14(13)16(19)23/h1-2,4-8,13-14,20-21H,3H2/b18-6-/t7-,8+,13-,14+. The molecule has 1 aromatic carbocycles. The van der Waals surface area contributed by atoms with E-state index in [9.17, 15) is 19.8 Å². The number of halogens is 1. The van der Waals surface area contributed by atoms with E-state index in [-0.39, 0.29) is 47.0 Å². The first-order chi connectivity index (χ1) is 11.0. The summed E-state index contributed by atoms with van der Waals surface area (Å²) >= 11 is 3.14. The molecule has 2 aliphatic carbocycles. The minimum Gasteiger partial charge on any atom is -0.507 e. The van der Waals surface area contributed by atoms with Crippen LogP contribution in [0.4, 0.5) is 0 Å². The number of hydrogen-bond acceptors (Lipinski definition) is 5. The second kappa shape index (κ2) is 4.92. The number of imide groups is 1. The van der Waals surface area contributed by atoms with Gasteiger partial charge in [0.2, 0.25) is 0 Å². The van der Waals surface area contributed by atoms with Gasteiger partial charge >= 0.3 is 0 Å². The predicted octanol–water partition coefficient (Wildman–Crippen LogP) is 2.00. The Kier molecular flexibility index (Phi) is 3.09. The summed E-state index contributed by atoms with van der Waals surface area (Å²) in [6, 6.07) is 2.63. The molecule has 1 aromatic rings. The van der Waals surface area contributed by atoms with Crippen molar-refractivity contribution in [2.24, 2.45) is 28.8 Å². The molecule has 0 aromatic heterocycles. The van der Waals surface area contributed by atoms with Crippen LogP contribution in [-0.4, -0.2) is 33.3 Å². The molecule has 1 heterocycles. The summed E-state index contributed by atoms with van der Waals surface area (Å²) in [7, 11) is 0. The summed E-state index contributed by atoms with van der Waals surface area (Å²) in [5.41, 5.74) is 0.299. The minimum absolute atomic E-state index is 0.106. The van der Waals surface area contributed by atoms with Crippen LogP contribution < -0.4 is 0 Å². The van der Waals surface area contributed by atoms with Gasteiger partial charge < -0.3 is 10.2 Å². The van der Waals surface area contributed by atoms with E-state index in [0.717, 1.165) is 17.5 Å². The van der Waals surface area contributed by atoms with Gasteiger partial charge in [-0.3, -0.25) is 9.59 Å². The molecule has 0 radical (unpaired) electrons. The number of aromatic hydroxyl groups is 2. The van der Waals surface area contributed by atoms with Crippen molar-refractivity contribution in [3.8, 4) is 11.5 Å². The summed E-state index contributed by atoms with van der Waals surface area (Å²) in [6.45, 7) is 0. The van der Waals surface area contributed by atoms with Crippen molar-refractivity contribution < 1.29 is 19.8 Å². The number of carbonyl (C=O) groups excluding carboxylic acids is 2. The maximum Gasteiger partial charge on any atom is 0.254 e. The van der Waals surface area contributed by atoms with Gasteiger partial charge in [0.25, 0.3) is 11.8 Å². The van der Waals surface area contributed by atoms with Crippen LogP contribution in [0.25, 0.3) is 0 Å². The first kappa shape index (κ1) is 14.4. The van der Waals surface area contributed by atoms with Crippen LogP contribution in [0.5, 0.6) is 11.5 Å². The lowest BCUT2D eigenvalue weighted by atomic mass is 9.85. The second-order valence-corrected chi connectivity index (χ2v) is 6.95. The Hall–Kier alpha value is -2.15. The van der Waals surface area contributed by atoms with Gasteiger partial charge in [-0.2, -0.15) is 10.1 Å². The third kappa shape index (κ3) is 2.03. The number of carbonyl (C=O) groups is 2. The van der Waals surface area contributed by atoms with E-state index in [2.05, 4.69) is 21.0 Å². The lowest BCUT2D eigenvalue weighted by molar-refractivity contribution is -0.140. The summed E-state index contributed by atoms with van der Waals surface area (Å²) < 4.78 is 0.384. The first-order valence-corrected chi connectivity index (χ1v) is 8.08. The fourth-order valence-corrected chi connectivity index (χ4v) is 4.15. The molecular formula is C16H13BrN2O4. The van der Waals surface area contributed by atoms with Crippen LogP contribution >= 0.6 is 15.9 Å². The molecule has 1 saturated carbocycles. The monoisotopic (exact) mass is 376 g/mol. The van der Waals surface area contributed by atoms with Crippen LogP contribution in [-0.2, 0) is 9.59 Å². The van der Waals surface area contributed by atoms with Gasteiger partial charge in [-0.25, -0.2) is 0 Å². The highest BCUT2D eigenvalue weighted by Gasteiger charge is 2.59. The maximum absolute atomic E-state index is 12.5. The van der Waals surface area contributed by atoms with Crippen molar-refractivity contribution in [2.75, 3.05) is 0 Å². The van der Waals surface area contributed by atoms with Gasteiger partial charge in [0.15, 0.2) is 0 Å². The minimum atomic E-state index is -0.296. The van der Waals surface area contributed by atoms with E-state index in [1.165, 1.54) is 12.3 Å². The lowest BCUT2D eigenvalue weighted by Gasteiger charge is -2.13. The van der Waals surface area contributed by atoms with Crippen molar-refractivity contribution in [1.82, 2.24) is 5.01 Å². The van der Waals surface area contributed by atoms with Crippen molar-refractivity contribution in [3.63, 3.8) is 0 Å². The highest BCUT2D eigenvalue weighted by molar-refractivity contribution is 9.10. The van der Waals surface area contributed by atoms with Crippen LogP contribution in [0.3, 0.4) is 0 Å². The zero-order valence-corrected chi connectivity index (χ0v) is 13.5. The van der Waals surface area contributed by atoms with E-state index in [4.69, 9.17) is 0 Å². The smallest absolute Gasteiger partial charge is 0.254 e. The highest BCUT2D eigenvalue weighted by Crippen LogP contribution is 2.52. The van der Waals surface area contributed by atoms with Gasteiger partial charge in [0.05, 0.1) is 22.5 Å². The molecule has 6 nitrogen and oxygen atoms in total. The highest BCUT2D eigenvalue weighted by atomic mass is 79.9. The topological polar surface area (TPSA) is 90.2 Å². The zero-order valence-electron chi connectivity index (χ0n) is 11.9. The fraction of sp³-hybridized carbons (Fsp3) is 0.312. The van der Waals surface area contributed by atoms with E-state index < -0.39 is 0 Å². The normalized spacial score (nSPS) is 31.6. The molecule has 2 fully saturated rings. The van der Waals surface area contributed by atoms with Crippen LogP contribution in [0.2, 0.25) is 0 Å². The summed E-state index contributed by atoms with van der Waals surface area (Å²) in [6.07, 6.45) is 6.17. The van der Waals surface area contributed by atoms with Crippen LogP contribution in [0.1, 0.15) is 12.0 Å². The van der Waals surface area contributed by atoms with Crippen molar-refractivity contribution in [2.45, 2.75) is 6.42 Å². The second-order valence-electron chi connectivity index (χ2n) is 6.10. The Morgan fingerprint density at radius 3 is 2.30 bits per heavy atom. The molecule has 4 rings (SSSR count). The number of phenolic OH excluding ortho intramolecular Hbond substituents is 2. The number of hydrazone groups is 1. The Morgan fingerprint density at radius 2 is 1.70 bits per heavy atom. The lowest BCUT2D eigenvalue weighted by Crippen LogP contribution is -2.28. The van der Waals surface area contributed by atoms with Crippen molar-refractivity contribution in [1.29, 1.82) is 0 Å². The SMILES string of the molecule is O=C1[C@@H]2[C@H](C(=O)N1/N=C\c1cc(Br)c(O)cc1O)[C@@H]1C=C[C@H]2C1. The number of benzene rings is 1. The third-order valence-corrected chi connectivity index (χ3v) is 5.49. The predicted molar refractivity (Wildman–Crippen MR) is 84.6 cm³/mol. The Bertz CT molecular complexity index is 759. The van der Waals surface area contributed by atoms with Crippen LogP contribution in [0.15, 0.2) is 33.9 Å². The largest absolute Gasteiger partial charge is 0.507 e. The van der Waals surface area contributed by atoms with E-state index in [1.807, 2.05) is 12.2 Å². The molecular weight excluding hydrogens is 364 g/mol. The van der Waals surface area contributed by atoms with E-state index in [1.54, 1.807) is 0 Å². The van der Waals surface area contributed by atoms with Crippen molar-refractivity contribution in [3.05, 3.63) is 34.3 Å². The molecule has 7 heteroatoms. The first-order valence-electron chi connectivity index (χ1n) is 7.29. The molecule has 2 N–H and O–H groups in total. The molecule has 3 aliphatic rings. The molecule has 4 atom stereocenters. The molecule has 2 amide bonds. The Morgan fingerprint density at radius 1 is 1.09 bits per heavy atom. The fourth-order valence-electron chi connectivity index (χ4n) is 3.79. The number of phenols is 2. The van der Waals surface area contributed by atoms with Crippen LogP contribution in [0, 0.1) is 23.7 Å². The maximum atomic E-state index is 12.5. The molecule has 0 unspecified atom stereocenters. The molecule has 23 heavy (non-hydrogen) atoms. The molecule has 118 valence electrons. The van der Waals surface area contributed by atoms with Gasteiger partial charge in [-0.05, 0) is 40.3 Å². The zero-order chi connectivity index (χ0) is 16.3. The molecule has 2 bridgehead atoms. The number of nitrogens with zero attached hydrogens (tertiary/aromatic N) is 2. The number of allylic oxidation sites excluding steroid dienone is 2. The number of amides is 2. The molecule has 1 aliphatic heterocycles. The summed E-state index contributed by atoms with van der Waals surface area (Å²) in [4.78, 5) is 24.9. The van der Waals surface area contributed by atoms with E-state index in [0.29, 0.717) is 10.0 Å². The number of fused-ring (bicyclic) bond motifs is 5. The molecule has 0 spiro atoms. The Balaban J connectivity index is 1.62. The average Bonchev–Trinajstić information content (AvgIpc) is 3.17. The van der Waals surface area contributed by atoms with Gasteiger partial charge in [-0.1, -0.05) is 12.2 Å². The van der Waals surface area contributed by atoms with Crippen molar-refractivity contribution >= 4 is 34.0 Å². The Labute approximate surface area is 140 Å². The van der Waals surface area contributed by atoms with E-state index >= 15 is 0 Å². The summed E-state index contributed by atoms with van der Waals surface area (Å²) in [5, 5.41) is 24.2. The summed E-state index contributed by atoms with van der Waals surface area (Å²) in [5.74, 6) is -1.16. The molecule has 1 saturated heterocycles. The number of hydrogen-bond donors (Lipinski definition) is 2. The quantitative estimate of drug-likeness (QED) is 0.469. The number of rotatable bonds is 2. The van der Waals surface area contributed by atoms with Gasteiger partial charge in [0.1, 0.15) is 11.5 Å². The van der Waals surface area contributed by atoms with Gasteiger partial charge in [0, 0.05) is 11.6 Å².